The Morgan fingerprint density at radius 1 is 1.22 bits per heavy atom. The van der Waals surface area contributed by atoms with E-state index in [0.717, 1.165) is 11.1 Å². The minimum atomic E-state index is -0.467. The van der Waals surface area contributed by atoms with Crippen molar-refractivity contribution in [2.45, 2.75) is 6.92 Å². The van der Waals surface area contributed by atoms with Gasteiger partial charge in [-0.05, 0) is 36.8 Å². The first-order valence-corrected chi connectivity index (χ1v) is 5.57. The number of rotatable bonds is 1. The number of aryl methyl sites for hydroxylation is 1. The van der Waals surface area contributed by atoms with Crippen molar-refractivity contribution >= 4 is 16.8 Å². The number of para-hydroxylation sites is 1. The summed E-state index contributed by atoms with van der Waals surface area (Å²) < 4.78 is 19.0. The number of anilines is 1. The van der Waals surface area contributed by atoms with Gasteiger partial charge in [0, 0.05) is 0 Å². The molecule has 0 saturated heterocycles. The summed E-state index contributed by atoms with van der Waals surface area (Å²) in [5.74, 6) is -0.126. The molecular weight excluding hydrogens is 231 g/mol. The standard InChI is InChI=1S/C14H11FN2O/c1-8-5-6-11-12(7-8)18-14(17-11)9-3-2-4-10(15)13(9)16/h2-7H,16H2,1H3. The number of aromatic nitrogens is 1. The number of nitrogens with two attached hydrogens (primary N) is 1. The van der Waals surface area contributed by atoms with E-state index in [1.807, 2.05) is 25.1 Å². The molecule has 1 aromatic heterocycles. The smallest absolute Gasteiger partial charge is 0.229 e. The molecule has 0 spiro atoms. The molecular formula is C14H11FN2O. The van der Waals surface area contributed by atoms with Crippen LogP contribution in [0.1, 0.15) is 5.56 Å². The summed E-state index contributed by atoms with van der Waals surface area (Å²) in [7, 11) is 0. The molecule has 0 aliphatic heterocycles. The molecule has 0 saturated carbocycles. The van der Waals surface area contributed by atoms with Crippen LogP contribution >= 0.6 is 0 Å². The first-order valence-electron chi connectivity index (χ1n) is 5.57. The molecule has 0 atom stereocenters. The van der Waals surface area contributed by atoms with Gasteiger partial charge < -0.3 is 10.2 Å². The van der Waals surface area contributed by atoms with Gasteiger partial charge in [0.2, 0.25) is 5.89 Å². The Labute approximate surface area is 103 Å². The summed E-state index contributed by atoms with van der Waals surface area (Å²) in [6, 6.07) is 10.3. The molecule has 0 unspecified atom stereocenters. The van der Waals surface area contributed by atoms with E-state index in [0.29, 0.717) is 17.0 Å². The lowest BCUT2D eigenvalue weighted by Crippen LogP contribution is -1.93. The number of benzene rings is 2. The van der Waals surface area contributed by atoms with Crippen LogP contribution in [0.3, 0.4) is 0 Å². The minimum absolute atomic E-state index is 0.0563. The van der Waals surface area contributed by atoms with Crippen LogP contribution in [-0.2, 0) is 0 Å². The molecule has 90 valence electrons. The first-order chi connectivity index (χ1) is 8.65. The van der Waals surface area contributed by atoms with E-state index < -0.39 is 5.82 Å². The van der Waals surface area contributed by atoms with Gasteiger partial charge in [-0.2, -0.15) is 0 Å². The molecule has 4 heteroatoms. The summed E-state index contributed by atoms with van der Waals surface area (Å²) in [6.45, 7) is 1.97. The van der Waals surface area contributed by atoms with Crippen molar-refractivity contribution in [2.24, 2.45) is 0 Å². The number of oxazole rings is 1. The highest BCUT2D eigenvalue weighted by atomic mass is 19.1. The highest BCUT2D eigenvalue weighted by molar-refractivity contribution is 5.80. The Morgan fingerprint density at radius 3 is 2.89 bits per heavy atom. The number of nitrogen functional groups attached to an aromatic ring is 1. The molecule has 0 aliphatic carbocycles. The summed E-state index contributed by atoms with van der Waals surface area (Å²) in [5, 5.41) is 0. The fourth-order valence-corrected chi connectivity index (χ4v) is 1.87. The Morgan fingerprint density at radius 2 is 2.06 bits per heavy atom. The van der Waals surface area contributed by atoms with Crippen LogP contribution in [0, 0.1) is 12.7 Å². The van der Waals surface area contributed by atoms with Crippen molar-refractivity contribution in [2.75, 3.05) is 5.73 Å². The van der Waals surface area contributed by atoms with Crippen molar-refractivity contribution in [1.82, 2.24) is 4.98 Å². The number of nitrogens with zero attached hydrogens (tertiary/aromatic N) is 1. The Hall–Kier alpha value is -2.36. The van der Waals surface area contributed by atoms with E-state index in [2.05, 4.69) is 4.98 Å². The first kappa shape index (κ1) is 10.8. The molecule has 1 heterocycles. The van der Waals surface area contributed by atoms with Gasteiger partial charge >= 0.3 is 0 Å². The maximum atomic E-state index is 13.4. The third-order valence-corrected chi connectivity index (χ3v) is 2.83. The molecule has 18 heavy (non-hydrogen) atoms. The fourth-order valence-electron chi connectivity index (χ4n) is 1.87. The molecule has 0 bridgehead atoms. The lowest BCUT2D eigenvalue weighted by atomic mass is 10.2. The van der Waals surface area contributed by atoms with Gasteiger partial charge in [-0.15, -0.1) is 0 Å². The predicted octanol–water partition coefficient (Wildman–Crippen LogP) is 3.52. The van der Waals surface area contributed by atoms with Crippen molar-refractivity contribution in [3.63, 3.8) is 0 Å². The second-order valence-corrected chi connectivity index (χ2v) is 4.19. The van der Waals surface area contributed by atoms with Crippen LogP contribution in [0.15, 0.2) is 40.8 Å². The molecule has 0 radical (unpaired) electrons. The van der Waals surface area contributed by atoms with Gasteiger partial charge in [0.25, 0.3) is 0 Å². The van der Waals surface area contributed by atoms with Crippen molar-refractivity contribution in [3.05, 3.63) is 47.8 Å². The van der Waals surface area contributed by atoms with Crippen LogP contribution in [-0.4, -0.2) is 4.98 Å². The number of hydrogen-bond donors (Lipinski definition) is 1. The minimum Gasteiger partial charge on any atom is -0.436 e. The van der Waals surface area contributed by atoms with E-state index in [-0.39, 0.29) is 5.69 Å². The summed E-state index contributed by atoms with van der Waals surface area (Å²) in [4.78, 5) is 4.31. The maximum Gasteiger partial charge on any atom is 0.229 e. The topological polar surface area (TPSA) is 52.0 Å². The molecule has 0 aliphatic rings. The fraction of sp³-hybridized carbons (Fsp3) is 0.0714. The molecule has 0 fully saturated rings. The van der Waals surface area contributed by atoms with Gasteiger partial charge in [-0.3, -0.25) is 0 Å². The van der Waals surface area contributed by atoms with Crippen molar-refractivity contribution in [3.8, 4) is 11.5 Å². The number of halogens is 1. The second kappa shape index (κ2) is 3.84. The molecule has 2 N–H and O–H groups in total. The lowest BCUT2D eigenvalue weighted by Gasteiger charge is -2.01. The number of fused-ring (bicyclic) bond motifs is 1. The SMILES string of the molecule is Cc1ccc2nc(-c3cccc(F)c3N)oc2c1. The maximum absolute atomic E-state index is 13.4. The van der Waals surface area contributed by atoms with E-state index in [1.54, 1.807) is 12.1 Å². The normalized spacial score (nSPS) is 11.0. The second-order valence-electron chi connectivity index (χ2n) is 4.19. The van der Waals surface area contributed by atoms with E-state index in [1.165, 1.54) is 6.07 Å². The third-order valence-electron chi connectivity index (χ3n) is 2.83. The van der Waals surface area contributed by atoms with Crippen LogP contribution < -0.4 is 5.73 Å². The van der Waals surface area contributed by atoms with E-state index in [9.17, 15) is 4.39 Å². The summed E-state index contributed by atoms with van der Waals surface area (Å²) >= 11 is 0. The predicted molar refractivity (Wildman–Crippen MR) is 68.6 cm³/mol. The zero-order valence-electron chi connectivity index (χ0n) is 9.77. The van der Waals surface area contributed by atoms with Gasteiger partial charge in [-0.1, -0.05) is 12.1 Å². The highest BCUT2D eigenvalue weighted by Crippen LogP contribution is 2.30. The van der Waals surface area contributed by atoms with Crippen LogP contribution in [0.25, 0.3) is 22.6 Å². The van der Waals surface area contributed by atoms with Crippen molar-refractivity contribution < 1.29 is 8.81 Å². The zero-order chi connectivity index (χ0) is 12.7. The van der Waals surface area contributed by atoms with Crippen molar-refractivity contribution in [1.29, 1.82) is 0 Å². The van der Waals surface area contributed by atoms with Crippen LogP contribution in [0.5, 0.6) is 0 Å². The van der Waals surface area contributed by atoms with Crippen LogP contribution in [0.2, 0.25) is 0 Å². The number of hydrogen-bond acceptors (Lipinski definition) is 3. The Balaban J connectivity index is 2.22. The quantitative estimate of drug-likeness (QED) is 0.664. The Kier molecular flexibility index (Phi) is 2.30. The van der Waals surface area contributed by atoms with Crippen LogP contribution in [0.4, 0.5) is 10.1 Å². The lowest BCUT2D eigenvalue weighted by molar-refractivity contribution is 0.613. The van der Waals surface area contributed by atoms with E-state index >= 15 is 0 Å². The van der Waals surface area contributed by atoms with Gasteiger partial charge in [0.05, 0.1) is 11.3 Å². The summed E-state index contributed by atoms with van der Waals surface area (Å²) in [6.07, 6.45) is 0. The van der Waals surface area contributed by atoms with Gasteiger partial charge in [0.1, 0.15) is 11.3 Å². The highest BCUT2D eigenvalue weighted by Gasteiger charge is 2.13. The molecule has 3 aromatic rings. The Bertz CT molecular complexity index is 734. The van der Waals surface area contributed by atoms with Gasteiger partial charge in [0.15, 0.2) is 5.58 Å². The van der Waals surface area contributed by atoms with Gasteiger partial charge in [-0.25, -0.2) is 9.37 Å². The average Bonchev–Trinajstić information content (AvgIpc) is 2.75. The third kappa shape index (κ3) is 1.62. The molecule has 2 aromatic carbocycles. The zero-order valence-corrected chi connectivity index (χ0v) is 9.77. The van der Waals surface area contributed by atoms with E-state index in [4.69, 9.17) is 10.2 Å². The monoisotopic (exact) mass is 242 g/mol. The molecule has 3 rings (SSSR count). The molecule has 3 nitrogen and oxygen atoms in total. The molecule has 0 amide bonds. The largest absolute Gasteiger partial charge is 0.436 e. The average molecular weight is 242 g/mol. The summed E-state index contributed by atoms with van der Waals surface area (Å²) in [5.41, 5.74) is 8.71.